The summed E-state index contributed by atoms with van der Waals surface area (Å²) in [6.45, 7) is 5.22. The largest absolute Gasteiger partial charge is 0.366 e. The summed E-state index contributed by atoms with van der Waals surface area (Å²) < 4.78 is 0. The van der Waals surface area contributed by atoms with Gasteiger partial charge in [-0.2, -0.15) is 5.26 Å². The first kappa shape index (κ1) is 19.4. The second-order valence-corrected chi connectivity index (χ2v) is 7.42. The third-order valence-corrected chi connectivity index (χ3v) is 5.03. The fourth-order valence-corrected chi connectivity index (χ4v) is 3.27. The summed E-state index contributed by atoms with van der Waals surface area (Å²) in [7, 11) is 0. The van der Waals surface area contributed by atoms with E-state index in [1.54, 1.807) is 36.4 Å². The van der Waals surface area contributed by atoms with E-state index >= 15 is 0 Å². The van der Waals surface area contributed by atoms with Crippen molar-refractivity contribution < 1.29 is 9.72 Å². The van der Waals surface area contributed by atoms with Crippen molar-refractivity contribution in [2.45, 2.75) is 32.1 Å². The molecule has 1 aliphatic heterocycles. The van der Waals surface area contributed by atoms with Gasteiger partial charge in [-0.15, -0.1) is 0 Å². The van der Waals surface area contributed by atoms with E-state index in [1.807, 2.05) is 18.7 Å². The molecule has 0 saturated carbocycles. The molecule has 2 aromatic rings. The van der Waals surface area contributed by atoms with Crippen LogP contribution in [-0.2, 0) is 5.41 Å². The Morgan fingerprint density at radius 3 is 2.39 bits per heavy atom. The maximum Gasteiger partial charge on any atom is 0.293 e. The number of nitriles is 1. The lowest BCUT2D eigenvalue weighted by atomic mass is 9.86. The molecule has 1 fully saturated rings. The first-order chi connectivity index (χ1) is 13.3. The third kappa shape index (κ3) is 3.96. The van der Waals surface area contributed by atoms with Crippen LogP contribution in [0.15, 0.2) is 42.5 Å². The summed E-state index contributed by atoms with van der Waals surface area (Å²) >= 11 is 0. The lowest BCUT2D eigenvalue weighted by molar-refractivity contribution is -0.384. The molecular formula is C21H22N4O3. The van der Waals surface area contributed by atoms with Gasteiger partial charge in [0.15, 0.2) is 0 Å². The first-order valence-electron chi connectivity index (χ1n) is 9.18. The van der Waals surface area contributed by atoms with Crippen LogP contribution in [0.2, 0.25) is 0 Å². The maximum absolute atomic E-state index is 12.6. The number of benzene rings is 2. The van der Waals surface area contributed by atoms with Crippen molar-refractivity contribution in [1.82, 2.24) is 0 Å². The number of nitrogens with zero attached hydrogens (tertiary/aromatic N) is 3. The molecule has 2 aromatic carbocycles. The smallest absolute Gasteiger partial charge is 0.293 e. The van der Waals surface area contributed by atoms with E-state index in [1.165, 1.54) is 6.07 Å². The number of nitro groups is 1. The predicted octanol–water partition coefficient (Wildman–Crippen LogP) is 4.25. The molecule has 7 heteroatoms. The highest BCUT2D eigenvalue weighted by Crippen LogP contribution is 2.32. The molecule has 0 radical (unpaired) electrons. The quantitative estimate of drug-likeness (QED) is 0.619. The van der Waals surface area contributed by atoms with E-state index in [-0.39, 0.29) is 11.3 Å². The summed E-state index contributed by atoms with van der Waals surface area (Å²) in [4.78, 5) is 25.6. The van der Waals surface area contributed by atoms with E-state index in [2.05, 4.69) is 11.4 Å². The van der Waals surface area contributed by atoms with E-state index in [9.17, 15) is 20.2 Å². The van der Waals surface area contributed by atoms with Gasteiger partial charge in [0.25, 0.3) is 11.6 Å². The van der Waals surface area contributed by atoms with Gasteiger partial charge in [-0.05, 0) is 56.5 Å². The topological polar surface area (TPSA) is 99.3 Å². The van der Waals surface area contributed by atoms with Crippen LogP contribution in [-0.4, -0.2) is 23.9 Å². The minimum atomic E-state index is -0.617. The number of amides is 1. The predicted molar refractivity (Wildman–Crippen MR) is 108 cm³/mol. The zero-order valence-corrected chi connectivity index (χ0v) is 15.9. The highest BCUT2D eigenvalue weighted by atomic mass is 16.6. The summed E-state index contributed by atoms with van der Waals surface area (Å²) in [6, 6.07) is 13.8. The normalized spacial score (nSPS) is 13.8. The monoisotopic (exact) mass is 378 g/mol. The minimum Gasteiger partial charge on any atom is -0.366 e. The van der Waals surface area contributed by atoms with Crippen molar-refractivity contribution in [3.8, 4) is 6.07 Å². The summed E-state index contributed by atoms with van der Waals surface area (Å²) in [5.41, 5.74) is 1.53. The van der Waals surface area contributed by atoms with Crippen molar-refractivity contribution in [3.63, 3.8) is 0 Å². The molecule has 1 saturated heterocycles. The molecule has 0 atom stereocenters. The molecule has 3 rings (SSSR count). The summed E-state index contributed by atoms with van der Waals surface area (Å²) in [5.74, 6) is -0.414. The van der Waals surface area contributed by atoms with Crippen LogP contribution in [0.1, 0.15) is 42.6 Å². The minimum absolute atomic E-state index is 0.0549. The Hall–Kier alpha value is -3.40. The Kier molecular flexibility index (Phi) is 5.32. The Morgan fingerprint density at radius 2 is 1.82 bits per heavy atom. The Balaban J connectivity index is 1.80. The second kappa shape index (κ2) is 7.69. The van der Waals surface area contributed by atoms with Gasteiger partial charge < -0.3 is 10.2 Å². The molecule has 0 aliphatic carbocycles. The van der Waals surface area contributed by atoms with Crippen LogP contribution in [0.4, 0.5) is 17.1 Å². The molecule has 28 heavy (non-hydrogen) atoms. The Morgan fingerprint density at radius 1 is 1.18 bits per heavy atom. The molecule has 7 nitrogen and oxygen atoms in total. The van der Waals surface area contributed by atoms with Crippen LogP contribution >= 0.6 is 0 Å². The molecule has 0 spiro atoms. The molecule has 1 N–H and O–H groups in total. The van der Waals surface area contributed by atoms with Crippen LogP contribution in [0.3, 0.4) is 0 Å². The van der Waals surface area contributed by atoms with E-state index in [0.717, 1.165) is 31.5 Å². The number of rotatable bonds is 5. The zero-order chi connectivity index (χ0) is 20.3. The van der Waals surface area contributed by atoms with Crippen LogP contribution in [0.25, 0.3) is 0 Å². The summed E-state index contributed by atoms with van der Waals surface area (Å²) in [5, 5.41) is 23.4. The van der Waals surface area contributed by atoms with Crippen LogP contribution in [0, 0.1) is 21.4 Å². The van der Waals surface area contributed by atoms with Gasteiger partial charge in [-0.3, -0.25) is 14.9 Å². The van der Waals surface area contributed by atoms with Gasteiger partial charge in [0.05, 0.1) is 16.4 Å². The van der Waals surface area contributed by atoms with E-state index in [4.69, 9.17) is 0 Å². The molecule has 1 aliphatic rings. The second-order valence-electron chi connectivity index (χ2n) is 7.42. The van der Waals surface area contributed by atoms with Gasteiger partial charge in [-0.1, -0.05) is 12.1 Å². The maximum atomic E-state index is 12.6. The number of hydrogen-bond donors (Lipinski definition) is 1. The number of anilines is 2. The highest BCUT2D eigenvalue weighted by molar-refractivity contribution is 6.05. The van der Waals surface area contributed by atoms with Gasteiger partial charge in [-0.25, -0.2) is 0 Å². The average Bonchev–Trinajstić information content (AvgIpc) is 3.22. The molecule has 1 heterocycles. The fraction of sp³-hybridized carbons (Fsp3) is 0.333. The zero-order valence-electron chi connectivity index (χ0n) is 15.9. The fourth-order valence-electron chi connectivity index (χ4n) is 3.27. The van der Waals surface area contributed by atoms with Crippen molar-refractivity contribution in [2.24, 2.45) is 0 Å². The highest BCUT2D eigenvalue weighted by Gasteiger charge is 2.24. The molecule has 0 aromatic heterocycles. The number of nitrogens with one attached hydrogen (secondary N) is 1. The van der Waals surface area contributed by atoms with Gasteiger partial charge in [0, 0.05) is 30.4 Å². The van der Waals surface area contributed by atoms with Crippen LogP contribution in [0.5, 0.6) is 0 Å². The van der Waals surface area contributed by atoms with Gasteiger partial charge >= 0.3 is 0 Å². The molecule has 0 unspecified atom stereocenters. The first-order valence-corrected chi connectivity index (χ1v) is 9.18. The molecule has 1 amide bonds. The number of carbonyl (C=O) groups is 1. The lowest BCUT2D eigenvalue weighted by Gasteiger charge is -2.18. The lowest BCUT2D eigenvalue weighted by Crippen LogP contribution is -2.20. The Bertz CT molecular complexity index is 939. The van der Waals surface area contributed by atoms with Crippen molar-refractivity contribution >= 4 is 23.0 Å². The number of carbonyl (C=O) groups excluding carboxylic acids is 1. The van der Waals surface area contributed by atoms with Crippen molar-refractivity contribution in [2.75, 3.05) is 23.3 Å². The van der Waals surface area contributed by atoms with Gasteiger partial charge in [0.2, 0.25) is 0 Å². The van der Waals surface area contributed by atoms with Crippen molar-refractivity contribution in [1.29, 1.82) is 5.26 Å². The van der Waals surface area contributed by atoms with Gasteiger partial charge in [0.1, 0.15) is 5.69 Å². The SMILES string of the molecule is CC(C)(C#N)c1ccc(NC(=O)c2ccc(N3CCCC3)c([N+](=O)[O-])c2)cc1. The third-order valence-electron chi connectivity index (χ3n) is 5.03. The standard InChI is InChI=1S/C21H22N4O3/c1-21(2,14-22)16-6-8-17(9-7-16)23-20(26)15-5-10-18(19(13-15)25(27)28)24-11-3-4-12-24/h5-10,13H,3-4,11-12H2,1-2H3,(H,23,26). The van der Waals surface area contributed by atoms with Crippen molar-refractivity contribution in [3.05, 3.63) is 63.7 Å². The number of nitro benzene ring substituents is 1. The Labute approximate surface area is 163 Å². The molecule has 0 bridgehead atoms. The number of hydrogen-bond acceptors (Lipinski definition) is 5. The van der Waals surface area contributed by atoms with E-state index in [0.29, 0.717) is 11.4 Å². The molecular weight excluding hydrogens is 356 g/mol. The molecule has 144 valence electrons. The summed E-state index contributed by atoms with van der Waals surface area (Å²) in [6.07, 6.45) is 2.02. The van der Waals surface area contributed by atoms with E-state index < -0.39 is 16.2 Å². The average molecular weight is 378 g/mol. The van der Waals surface area contributed by atoms with Crippen LogP contribution < -0.4 is 10.2 Å².